The lowest BCUT2D eigenvalue weighted by Crippen LogP contribution is -2.41. The average Bonchev–Trinajstić information content (AvgIpc) is 2.82. The maximum Gasteiger partial charge on any atom is 0.264 e. The number of nitrogens with one attached hydrogen (secondary N) is 1. The molecule has 3 aromatic carbocycles. The van der Waals surface area contributed by atoms with E-state index >= 15 is 0 Å². The van der Waals surface area contributed by atoms with Gasteiger partial charge in [-0.25, -0.2) is 12.8 Å². The molecule has 3 aromatic rings. The van der Waals surface area contributed by atoms with Gasteiger partial charge in [0, 0.05) is 6.54 Å². The minimum absolute atomic E-state index is 0.0812. The predicted octanol–water partition coefficient (Wildman–Crippen LogP) is 4.09. The molecule has 0 radical (unpaired) electrons. The number of aryl methyl sites for hydroxylation is 2. The zero-order chi connectivity index (χ0) is 23.8. The fourth-order valence-electron chi connectivity index (χ4n) is 3.37. The highest BCUT2D eigenvalue weighted by atomic mass is 32.2. The van der Waals surface area contributed by atoms with Gasteiger partial charge in [-0.05, 0) is 67.3 Å². The molecule has 174 valence electrons. The number of methoxy groups -OCH3 is 1. The SMILES string of the molecule is COc1ccc(C)cc1N(CC(=O)NCCCc1ccc(F)cc1)S(=O)(=O)c1ccccc1. The number of rotatable bonds is 10. The Hall–Kier alpha value is -3.39. The number of ether oxygens (including phenoxy) is 1. The summed E-state index contributed by atoms with van der Waals surface area (Å²) in [5, 5.41) is 2.78. The Morgan fingerprint density at radius 1 is 1.03 bits per heavy atom. The van der Waals surface area contributed by atoms with Crippen molar-refractivity contribution in [2.24, 2.45) is 0 Å². The van der Waals surface area contributed by atoms with Crippen LogP contribution in [0.15, 0.2) is 77.7 Å². The molecule has 0 heterocycles. The summed E-state index contributed by atoms with van der Waals surface area (Å²) in [5.41, 5.74) is 2.09. The molecule has 0 saturated heterocycles. The van der Waals surface area contributed by atoms with Crippen molar-refractivity contribution >= 4 is 21.6 Å². The monoisotopic (exact) mass is 470 g/mol. The third-order valence-corrected chi connectivity index (χ3v) is 6.87. The van der Waals surface area contributed by atoms with Gasteiger partial charge in [0.1, 0.15) is 18.1 Å². The molecule has 0 aliphatic rings. The Balaban J connectivity index is 1.76. The number of nitrogens with zero attached hydrogens (tertiary/aromatic N) is 1. The lowest BCUT2D eigenvalue weighted by molar-refractivity contribution is -0.119. The number of amides is 1. The molecule has 0 saturated carbocycles. The minimum Gasteiger partial charge on any atom is -0.495 e. The van der Waals surface area contributed by atoms with Gasteiger partial charge < -0.3 is 10.1 Å². The summed E-state index contributed by atoms with van der Waals surface area (Å²) >= 11 is 0. The predicted molar refractivity (Wildman–Crippen MR) is 126 cm³/mol. The van der Waals surface area contributed by atoms with E-state index in [0.29, 0.717) is 30.8 Å². The molecule has 0 atom stereocenters. The summed E-state index contributed by atoms with van der Waals surface area (Å²) in [6.07, 6.45) is 1.30. The van der Waals surface area contributed by atoms with Crippen molar-refractivity contribution in [2.75, 3.05) is 24.5 Å². The van der Waals surface area contributed by atoms with Gasteiger partial charge in [0.05, 0.1) is 17.7 Å². The van der Waals surface area contributed by atoms with Crippen molar-refractivity contribution in [2.45, 2.75) is 24.7 Å². The number of benzene rings is 3. The standard InChI is InChI=1S/C25H27FN2O4S/c1-19-10-15-24(32-2)23(17-19)28(33(30,31)22-8-4-3-5-9-22)18-25(29)27-16-6-7-20-11-13-21(26)14-12-20/h3-5,8-15,17H,6-7,16,18H2,1-2H3,(H,27,29). The van der Waals surface area contributed by atoms with E-state index in [-0.39, 0.29) is 10.7 Å². The van der Waals surface area contributed by atoms with Crippen LogP contribution in [0, 0.1) is 12.7 Å². The van der Waals surface area contributed by atoms with Crippen molar-refractivity contribution in [3.05, 3.63) is 89.7 Å². The van der Waals surface area contributed by atoms with E-state index in [2.05, 4.69) is 5.32 Å². The maximum absolute atomic E-state index is 13.4. The molecule has 6 nitrogen and oxygen atoms in total. The Labute approximate surface area is 194 Å². The number of hydrogen-bond donors (Lipinski definition) is 1. The van der Waals surface area contributed by atoms with Crippen molar-refractivity contribution in [1.82, 2.24) is 5.32 Å². The van der Waals surface area contributed by atoms with Crippen LogP contribution >= 0.6 is 0 Å². The molecule has 0 aliphatic heterocycles. The maximum atomic E-state index is 13.4. The van der Waals surface area contributed by atoms with E-state index in [9.17, 15) is 17.6 Å². The van der Waals surface area contributed by atoms with Crippen molar-refractivity contribution in [3.63, 3.8) is 0 Å². The van der Waals surface area contributed by atoms with Gasteiger partial charge in [-0.1, -0.05) is 36.4 Å². The molecular weight excluding hydrogens is 443 g/mol. The second-order valence-corrected chi connectivity index (χ2v) is 9.44. The van der Waals surface area contributed by atoms with Crippen LogP contribution in [0.25, 0.3) is 0 Å². The van der Waals surface area contributed by atoms with Crippen LogP contribution in [0.2, 0.25) is 0 Å². The van der Waals surface area contributed by atoms with Crippen LogP contribution in [0.3, 0.4) is 0 Å². The lowest BCUT2D eigenvalue weighted by atomic mass is 10.1. The number of sulfonamides is 1. The van der Waals surface area contributed by atoms with Crippen molar-refractivity contribution in [3.8, 4) is 5.75 Å². The summed E-state index contributed by atoms with van der Waals surface area (Å²) < 4.78 is 46.4. The van der Waals surface area contributed by atoms with Gasteiger partial charge in [-0.2, -0.15) is 0 Å². The second kappa shape index (κ2) is 11.0. The highest BCUT2D eigenvalue weighted by molar-refractivity contribution is 7.92. The van der Waals surface area contributed by atoms with Gasteiger partial charge in [0.2, 0.25) is 5.91 Å². The molecule has 3 rings (SSSR count). The first-order valence-electron chi connectivity index (χ1n) is 10.5. The number of carbonyl (C=O) groups excluding carboxylic acids is 1. The Kier molecular flexibility index (Phi) is 8.06. The molecule has 1 amide bonds. The van der Waals surface area contributed by atoms with Crippen LogP contribution in [-0.4, -0.2) is 34.5 Å². The Morgan fingerprint density at radius 2 is 1.73 bits per heavy atom. The van der Waals surface area contributed by atoms with Crippen LogP contribution in [-0.2, 0) is 21.2 Å². The third-order valence-electron chi connectivity index (χ3n) is 5.10. The van der Waals surface area contributed by atoms with E-state index < -0.39 is 22.5 Å². The fraction of sp³-hybridized carbons (Fsp3) is 0.240. The van der Waals surface area contributed by atoms with Gasteiger partial charge in [0.15, 0.2) is 0 Å². The van der Waals surface area contributed by atoms with Gasteiger partial charge in [0.25, 0.3) is 10.0 Å². The molecular formula is C25H27FN2O4S. The zero-order valence-corrected chi connectivity index (χ0v) is 19.4. The Morgan fingerprint density at radius 3 is 2.39 bits per heavy atom. The van der Waals surface area contributed by atoms with Gasteiger partial charge >= 0.3 is 0 Å². The number of carbonyl (C=O) groups is 1. The molecule has 0 aromatic heterocycles. The van der Waals surface area contributed by atoms with Crippen LogP contribution < -0.4 is 14.4 Å². The molecule has 0 unspecified atom stereocenters. The van der Waals surface area contributed by atoms with Crippen LogP contribution in [0.5, 0.6) is 5.75 Å². The van der Waals surface area contributed by atoms with E-state index in [4.69, 9.17) is 4.74 Å². The fourth-order valence-corrected chi connectivity index (χ4v) is 4.82. The van der Waals surface area contributed by atoms with Crippen molar-refractivity contribution in [1.29, 1.82) is 0 Å². The summed E-state index contributed by atoms with van der Waals surface area (Å²) in [6.45, 7) is 1.81. The molecule has 0 spiro atoms. The van der Waals surface area contributed by atoms with Gasteiger partial charge in [-0.3, -0.25) is 9.10 Å². The van der Waals surface area contributed by atoms with E-state index in [1.54, 1.807) is 42.5 Å². The molecule has 0 aliphatic carbocycles. The molecule has 0 fully saturated rings. The number of halogens is 1. The number of anilines is 1. The highest BCUT2D eigenvalue weighted by Crippen LogP contribution is 2.33. The summed E-state index contributed by atoms with van der Waals surface area (Å²) in [7, 11) is -2.56. The molecule has 1 N–H and O–H groups in total. The van der Waals surface area contributed by atoms with Crippen LogP contribution in [0.1, 0.15) is 17.5 Å². The van der Waals surface area contributed by atoms with Gasteiger partial charge in [-0.15, -0.1) is 0 Å². The zero-order valence-electron chi connectivity index (χ0n) is 18.6. The quantitative estimate of drug-likeness (QED) is 0.453. The first kappa shape index (κ1) is 24.3. The average molecular weight is 471 g/mol. The minimum atomic E-state index is -4.02. The van der Waals surface area contributed by atoms with Crippen molar-refractivity contribution < 1.29 is 22.3 Å². The molecule has 33 heavy (non-hydrogen) atoms. The summed E-state index contributed by atoms with van der Waals surface area (Å²) in [5.74, 6) is -0.375. The number of hydrogen-bond acceptors (Lipinski definition) is 4. The van der Waals surface area contributed by atoms with E-state index in [1.807, 2.05) is 13.0 Å². The smallest absolute Gasteiger partial charge is 0.264 e. The topological polar surface area (TPSA) is 75.7 Å². The largest absolute Gasteiger partial charge is 0.495 e. The third kappa shape index (κ3) is 6.32. The normalized spacial score (nSPS) is 11.1. The summed E-state index contributed by atoms with van der Waals surface area (Å²) in [6, 6.07) is 19.4. The van der Waals surface area contributed by atoms with E-state index in [0.717, 1.165) is 15.4 Å². The molecule has 0 bridgehead atoms. The van der Waals surface area contributed by atoms with E-state index in [1.165, 1.54) is 31.4 Å². The molecule has 8 heteroatoms. The lowest BCUT2D eigenvalue weighted by Gasteiger charge is -2.26. The first-order valence-corrected chi connectivity index (χ1v) is 12.0. The van der Waals surface area contributed by atoms with Crippen LogP contribution in [0.4, 0.5) is 10.1 Å². The Bertz CT molecular complexity index is 1180. The summed E-state index contributed by atoms with van der Waals surface area (Å²) in [4.78, 5) is 12.8. The first-order chi connectivity index (χ1) is 15.8. The highest BCUT2D eigenvalue weighted by Gasteiger charge is 2.29. The second-order valence-electron chi connectivity index (χ2n) is 7.58.